The number of hydrogen-bond acceptors (Lipinski definition) is 2. The van der Waals surface area contributed by atoms with Crippen LogP contribution in [0.5, 0.6) is 0 Å². The van der Waals surface area contributed by atoms with Crippen LogP contribution >= 0.6 is 11.6 Å². The maximum absolute atomic E-state index is 13.2. The molecular formula is C16H17ClFNO. The molecule has 0 heterocycles. The predicted octanol–water partition coefficient (Wildman–Crippen LogP) is 4.80. The molecule has 0 fully saturated rings. The normalized spacial score (nSPS) is 12.2. The van der Waals surface area contributed by atoms with Crippen molar-refractivity contribution in [1.29, 1.82) is 0 Å². The maximum Gasteiger partial charge on any atom is 0.141 e. The van der Waals surface area contributed by atoms with E-state index in [2.05, 4.69) is 5.32 Å². The van der Waals surface area contributed by atoms with Crippen LogP contribution in [0.3, 0.4) is 0 Å². The molecule has 1 unspecified atom stereocenters. The maximum atomic E-state index is 13.2. The minimum absolute atomic E-state index is 0.0195. The van der Waals surface area contributed by atoms with Crippen LogP contribution in [-0.4, -0.2) is 7.11 Å². The van der Waals surface area contributed by atoms with Crippen LogP contribution in [-0.2, 0) is 11.3 Å². The summed E-state index contributed by atoms with van der Waals surface area (Å²) in [4.78, 5) is 0. The van der Waals surface area contributed by atoms with Crippen molar-refractivity contribution in [3.05, 3.63) is 64.4 Å². The molecule has 0 aliphatic carbocycles. The lowest BCUT2D eigenvalue weighted by Crippen LogP contribution is -2.09. The summed E-state index contributed by atoms with van der Waals surface area (Å²) in [6, 6.07) is 12.7. The summed E-state index contributed by atoms with van der Waals surface area (Å²) >= 11 is 5.82. The lowest BCUT2D eigenvalue weighted by atomic mass is 10.1. The van der Waals surface area contributed by atoms with E-state index in [0.29, 0.717) is 6.61 Å². The molecule has 0 radical (unpaired) electrons. The van der Waals surface area contributed by atoms with Gasteiger partial charge in [-0.2, -0.15) is 0 Å². The van der Waals surface area contributed by atoms with Gasteiger partial charge in [-0.05, 0) is 30.7 Å². The second-order valence-corrected chi connectivity index (χ2v) is 5.04. The number of benzene rings is 2. The van der Waals surface area contributed by atoms with E-state index in [4.69, 9.17) is 16.3 Å². The van der Waals surface area contributed by atoms with Gasteiger partial charge in [0.1, 0.15) is 5.82 Å². The number of nitrogens with one attached hydrogen (secondary N) is 1. The molecule has 0 bridgehead atoms. The van der Waals surface area contributed by atoms with Gasteiger partial charge >= 0.3 is 0 Å². The number of para-hydroxylation sites is 1. The lowest BCUT2D eigenvalue weighted by Gasteiger charge is -2.18. The summed E-state index contributed by atoms with van der Waals surface area (Å²) in [5.74, 6) is -0.401. The molecule has 0 saturated heterocycles. The Balaban J connectivity index is 2.18. The average Bonchev–Trinajstić information content (AvgIpc) is 2.44. The highest BCUT2D eigenvalue weighted by atomic mass is 35.5. The fourth-order valence-electron chi connectivity index (χ4n) is 2.04. The molecule has 0 aromatic heterocycles. The van der Waals surface area contributed by atoms with Gasteiger partial charge in [-0.3, -0.25) is 0 Å². The number of hydrogen-bond donors (Lipinski definition) is 1. The van der Waals surface area contributed by atoms with Gasteiger partial charge in [-0.25, -0.2) is 4.39 Å². The number of rotatable bonds is 5. The molecule has 0 aliphatic rings. The zero-order chi connectivity index (χ0) is 14.5. The lowest BCUT2D eigenvalue weighted by molar-refractivity contribution is 0.185. The van der Waals surface area contributed by atoms with Gasteiger partial charge in [-0.15, -0.1) is 0 Å². The topological polar surface area (TPSA) is 21.3 Å². The zero-order valence-electron chi connectivity index (χ0n) is 11.5. The van der Waals surface area contributed by atoms with Crippen molar-refractivity contribution in [1.82, 2.24) is 0 Å². The summed E-state index contributed by atoms with van der Waals surface area (Å²) in [7, 11) is 1.67. The minimum Gasteiger partial charge on any atom is -0.380 e. The van der Waals surface area contributed by atoms with E-state index in [9.17, 15) is 4.39 Å². The Hall–Kier alpha value is -1.58. The first kappa shape index (κ1) is 14.8. The molecule has 20 heavy (non-hydrogen) atoms. The molecular weight excluding hydrogens is 277 g/mol. The molecule has 2 nitrogen and oxygen atoms in total. The van der Waals surface area contributed by atoms with Crippen LogP contribution in [0.1, 0.15) is 24.1 Å². The quantitative estimate of drug-likeness (QED) is 0.855. The summed E-state index contributed by atoms with van der Waals surface area (Å²) < 4.78 is 18.4. The predicted molar refractivity (Wildman–Crippen MR) is 80.6 cm³/mol. The van der Waals surface area contributed by atoms with E-state index in [1.54, 1.807) is 19.2 Å². The van der Waals surface area contributed by atoms with E-state index in [-0.39, 0.29) is 11.1 Å². The van der Waals surface area contributed by atoms with Crippen LogP contribution < -0.4 is 5.32 Å². The summed E-state index contributed by atoms with van der Waals surface area (Å²) in [6.45, 7) is 2.55. The zero-order valence-corrected chi connectivity index (χ0v) is 12.2. The van der Waals surface area contributed by atoms with E-state index in [0.717, 1.165) is 16.8 Å². The third-order valence-corrected chi connectivity index (χ3v) is 3.42. The second-order valence-electron chi connectivity index (χ2n) is 4.63. The Labute approximate surface area is 123 Å². The number of halogens is 2. The van der Waals surface area contributed by atoms with Gasteiger partial charge in [0.25, 0.3) is 0 Å². The Kier molecular flexibility index (Phi) is 4.99. The van der Waals surface area contributed by atoms with Gasteiger partial charge in [0.05, 0.1) is 11.6 Å². The van der Waals surface area contributed by atoms with Crippen LogP contribution in [0.25, 0.3) is 0 Å². The molecule has 0 spiro atoms. The van der Waals surface area contributed by atoms with Crippen LogP contribution in [0.15, 0.2) is 42.5 Å². The largest absolute Gasteiger partial charge is 0.380 e. The van der Waals surface area contributed by atoms with E-state index < -0.39 is 5.82 Å². The van der Waals surface area contributed by atoms with Crippen molar-refractivity contribution in [3.63, 3.8) is 0 Å². The van der Waals surface area contributed by atoms with Crippen molar-refractivity contribution in [2.24, 2.45) is 0 Å². The van der Waals surface area contributed by atoms with Gasteiger partial charge < -0.3 is 10.1 Å². The summed E-state index contributed by atoms with van der Waals surface area (Å²) in [6.07, 6.45) is 0. The van der Waals surface area contributed by atoms with Crippen LogP contribution in [0.2, 0.25) is 5.02 Å². The molecule has 2 aromatic carbocycles. The molecule has 0 amide bonds. The van der Waals surface area contributed by atoms with Crippen molar-refractivity contribution in [2.45, 2.75) is 19.6 Å². The Bertz CT molecular complexity index is 588. The molecule has 0 saturated carbocycles. The number of ether oxygens (including phenoxy) is 1. The van der Waals surface area contributed by atoms with Crippen molar-refractivity contribution in [2.75, 3.05) is 12.4 Å². The minimum atomic E-state index is -0.401. The first-order chi connectivity index (χ1) is 9.61. The van der Waals surface area contributed by atoms with Gasteiger partial charge in [0.2, 0.25) is 0 Å². The molecule has 2 aromatic rings. The molecule has 1 N–H and O–H groups in total. The smallest absolute Gasteiger partial charge is 0.141 e. The van der Waals surface area contributed by atoms with E-state index >= 15 is 0 Å². The van der Waals surface area contributed by atoms with Crippen molar-refractivity contribution < 1.29 is 9.13 Å². The molecule has 0 aliphatic heterocycles. The molecule has 2 rings (SSSR count). The highest BCUT2D eigenvalue weighted by molar-refractivity contribution is 6.30. The standard InChI is InChI=1S/C16H17ClFNO/c1-11(12-7-8-15(18)14(17)9-12)19-16-6-4-3-5-13(16)10-20-2/h3-9,11,19H,10H2,1-2H3. The molecule has 1 atom stereocenters. The fraction of sp³-hybridized carbons (Fsp3) is 0.250. The van der Waals surface area contributed by atoms with Crippen molar-refractivity contribution >= 4 is 17.3 Å². The number of anilines is 1. The highest BCUT2D eigenvalue weighted by Crippen LogP contribution is 2.25. The Morgan fingerprint density at radius 1 is 1.25 bits per heavy atom. The van der Waals surface area contributed by atoms with Crippen molar-refractivity contribution in [3.8, 4) is 0 Å². The molecule has 106 valence electrons. The fourth-order valence-corrected chi connectivity index (χ4v) is 2.23. The van der Waals surface area contributed by atoms with Gasteiger partial charge in [0.15, 0.2) is 0 Å². The van der Waals surface area contributed by atoms with E-state index in [1.807, 2.05) is 31.2 Å². The third-order valence-electron chi connectivity index (χ3n) is 3.13. The Morgan fingerprint density at radius 3 is 2.70 bits per heavy atom. The highest BCUT2D eigenvalue weighted by Gasteiger charge is 2.10. The first-order valence-corrected chi connectivity index (χ1v) is 6.78. The monoisotopic (exact) mass is 293 g/mol. The van der Waals surface area contributed by atoms with Gasteiger partial charge in [-0.1, -0.05) is 35.9 Å². The SMILES string of the molecule is COCc1ccccc1NC(C)c1ccc(F)c(Cl)c1. The van der Waals surface area contributed by atoms with Gasteiger partial charge in [0, 0.05) is 24.4 Å². The Morgan fingerprint density at radius 2 is 2.00 bits per heavy atom. The van der Waals surface area contributed by atoms with Crippen LogP contribution in [0, 0.1) is 5.82 Å². The average molecular weight is 294 g/mol. The number of methoxy groups -OCH3 is 1. The third kappa shape index (κ3) is 3.50. The second kappa shape index (κ2) is 6.73. The molecule has 4 heteroatoms. The van der Waals surface area contributed by atoms with E-state index in [1.165, 1.54) is 6.07 Å². The summed E-state index contributed by atoms with van der Waals surface area (Å²) in [5, 5.41) is 3.54. The summed E-state index contributed by atoms with van der Waals surface area (Å²) in [5.41, 5.74) is 3.01. The van der Waals surface area contributed by atoms with Crippen LogP contribution in [0.4, 0.5) is 10.1 Å². The first-order valence-electron chi connectivity index (χ1n) is 6.40.